The molecule has 2 heterocycles. The molecular formula is C23H28N8O5S. The van der Waals surface area contributed by atoms with Gasteiger partial charge in [-0.25, -0.2) is 14.8 Å². The number of anilines is 2. The third-order valence-corrected chi connectivity index (χ3v) is 5.71. The minimum absolute atomic E-state index is 0.00808. The van der Waals surface area contributed by atoms with E-state index in [1.54, 1.807) is 24.3 Å². The second kappa shape index (κ2) is 12.7. The summed E-state index contributed by atoms with van der Waals surface area (Å²) in [4.78, 5) is 62.0. The molecule has 0 saturated heterocycles. The first-order valence-electron chi connectivity index (χ1n) is 11.5. The van der Waals surface area contributed by atoms with Crippen LogP contribution < -0.4 is 27.2 Å². The molecule has 2 amide bonds. The van der Waals surface area contributed by atoms with Crippen LogP contribution in [-0.2, 0) is 16.1 Å². The Morgan fingerprint density at radius 1 is 1.16 bits per heavy atom. The van der Waals surface area contributed by atoms with E-state index in [0.717, 1.165) is 5.69 Å². The molecule has 1 aromatic carbocycles. The van der Waals surface area contributed by atoms with Gasteiger partial charge in [-0.15, -0.1) is 0 Å². The molecule has 0 spiro atoms. The van der Waals surface area contributed by atoms with Gasteiger partial charge in [-0.1, -0.05) is 0 Å². The number of hydrogen-bond acceptors (Lipinski definition) is 10. The quantitative estimate of drug-likeness (QED) is 0.164. The minimum Gasteiger partial charge on any atom is -0.480 e. The molecule has 0 bridgehead atoms. The van der Waals surface area contributed by atoms with Gasteiger partial charge in [-0.2, -0.15) is 17.6 Å². The standard InChI is InChI=1S/C23H28N8O5S/c1-12(3-2-4-17(32)29-16(11-37)22(35)36)27-20(33)13-5-7-14(8-6-13)25-9-15-10-26-19-18(28-15)21(34)31-23(24)30-19/h5-8,10,12,16,25,37H,2-4,9,11H2,1H3,(H,27,33)(H,29,32)(H,35,36)(H3,24,26,30,31,34)/t12-,16+/m1/s1. The van der Waals surface area contributed by atoms with E-state index in [2.05, 4.69) is 48.5 Å². The van der Waals surface area contributed by atoms with Gasteiger partial charge in [-0.3, -0.25) is 19.4 Å². The number of amides is 2. The van der Waals surface area contributed by atoms with Gasteiger partial charge in [0.05, 0.1) is 18.4 Å². The summed E-state index contributed by atoms with van der Waals surface area (Å²) in [6, 6.07) is 5.63. The van der Waals surface area contributed by atoms with Crippen molar-refractivity contribution in [3.8, 4) is 0 Å². The predicted molar refractivity (Wildman–Crippen MR) is 140 cm³/mol. The zero-order valence-corrected chi connectivity index (χ0v) is 20.9. The van der Waals surface area contributed by atoms with Crippen LogP contribution in [0.5, 0.6) is 0 Å². The maximum Gasteiger partial charge on any atom is 0.327 e. The van der Waals surface area contributed by atoms with E-state index >= 15 is 0 Å². The molecule has 2 atom stereocenters. The molecule has 0 unspecified atom stereocenters. The fourth-order valence-electron chi connectivity index (χ4n) is 3.39. The number of nitrogens with two attached hydrogens (primary N) is 1. The maximum atomic E-state index is 12.5. The van der Waals surface area contributed by atoms with E-state index in [1.165, 1.54) is 6.20 Å². The summed E-state index contributed by atoms with van der Waals surface area (Å²) >= 11 is 3.91. The van der Waals surface area contributed by atoms with Crippen molar-refractivity contribution < 1.29 is 19.5 Å². The van der Waals surface area contributed by atoms with Crippen LogP contribution in [0.25, 0.3) is 11.2 Å². The Morgan fingerprint density at radius 3 is 2.57 bits per heavy atom. The third-order valence-electron chi connectivity index (χ3n) is 5.34. The van der Waals surface area contributed by atoms with Gasteiger partial charge in [0.1, 0.15) is 6.04 Å². The van der Waals surface area contributed by atoms with Crippen LogP contribution >= 0.6 is 12.6 Å². The van der Waals surface area contributed by atoms with Crippen molar-refractivity contribution in [2.45, 2.75) is 44.8 Å². The number of benzene rings is 1. The SMILES string of the molecule is C[C@H](CCCC(=O)N[C@@H](CS)C(=O)O)NC(=O)c1ccc(NCc2cnc3nc(N)[nH]c(=O)c3n2)cc1. The van der Waals surface area contributed by atoms with Gasteiger partial charge in [0.15, 0.2) is 11.2 Å². The van der Waals surface area contributed by atoms with Crippen molar-refractivity contribution in [1.29, 1.82) is 0 Å². The lowest BCUT2D eigenvalue weighted by Gasteiger charge is -2.15. The van der Waals surface area contributed by atoms with Crippen LogP contribution in [0, 0.1) is 0 Å². The van der Waals surface area contributed by atoms with Crippen LogP contribution in [0.4, 0.5) is 11.6 Å². The van der Waals surface area contributed by atoms with Gasteiger partial charge in [0, 0.05) is 29.5 Å². The first kappa shape index (κ1) is 27.4. The Labute approximate surface area is 217 Å². The van der Waals surface area contributed by atoms with Gasteiger partial charge in [0.2, 0.25) is 11.9 Å². The summed E-state index contributed by atoms with van der Waals surface area (Å²) in [6.07, 6.45) is 2.69. The Morgan fingerprint density at radius 2 is 1.89 bits per heavy atom. The van der Waals surface area contributed by atoms with Crippen molar-refractivity contribution >= 4 is 53.2 Å². The summed E-state index contributed by atoms with van der Waals surface area (Å²) in [5, 5.41) is 17.4. The van der Waals surface area contributed by atoms with Crippen molar-refractivity contribution in [3.05, 3.63) is 52.1 Å². The Bertz CT molecular complexity index is 1330. The van der Waals surface area contributed by atoms with Crippen molar-refractivity contribution in [2.24, 2.45) is 0 Å². The average Bonchev–Trinajstić information content (AvgIpc) is 2.86. The third kappa shape index (κ3) is 7.90. The molecule has 0 aliphatic heterocycles. The number of nitrogen functional groups attached to an aromatic ring is 1. The Hall–Kier alpha value is -4.20. The number of thiol groups is 1. The van der Waals surface area contributed by atoms with Crippen LogP contribution in [0.3, 0.4) is 0 Å². The number of nitrogens with one attached hydrogen (secondary N) is 4. The lowest BCUT2D eigenvalue weighted by molar-refractivity contribution is -0.141. The van der Waals surface area contributed by atoms with Crippen LogP contribution in [0.1, 0.15) is 42.2 Å². The maximum absolute atomic E-state index is 12.5. The zero-order valence-electron chi connectivity index (χ0n) is 20.0. The number of carboxylic acids is 1. The van der Waals surface area contributed by atoms with Gasteiger partial charge in [0.25, 0.3) is 11.5 Å². The number of fused-ring (bicyclic) bond motifs is 1. The molecular weight excluding hydrogens is 500 g/mol. The smallest absolute Gasteiger partial charge is 0.327 e. The highest BCUT2D eigenvalue weighted by atomic mass is 32.1. The van der Waals surface area contributed by atoms with Gasteiger partial charge in [-0.05, 0) is 44.0 Å². The number of carbonyl (C=O) groups is 3. The van der Waals surface area contributed by atoms with E-state index in [0.29, 0.717) is 30.6 Å². The zero-order chi connectivity index (χ0) is 26.9. The van der Waals surface area contributed by atoms with Crippen molar-refractivity contribution in [2.75, 3.05) is 16.8 Å². The Kier molecular flexibility index (Phi) is 9.38. The first-order valence-corrected chi connectivity index (χ1v) is 12.1. The molecule has 7 N–H and O–H groups in total. The first-order chi connectivity index (χ1) is 17.7. The number of hydrogen-bond donors (Lipinski definition) is 7. The lowest BCUT2D eigenvalue weighted by Crippen LogP contribution is -2.42. The topological polar surface area (TPSA) is 205 Å². The van der Waals surface area contributed by atoms with E-state index in [1.807, 2.05) is 6.92 Å². The highest BCUT2D eigenvalue weighted by Gasteiger charge is 2.18. The van der Waals surface area contributed by atoms with Crippen LogP contribution in [0.15, 0.2) is 35.3 Å². The molecule has 14 heteroatoms. The second-order valence-corrected chi connectivity index (χ2v) is 8.69. The van der Waals surface area contributed by atoms with E-state index in [9.17, 15) is 19.2 Å². The number of rotatable bonds is 12. The molecule has 3 aromatic rings. The number of H-pyrrole nitrogens is 1. The summed E-state index contributed by atoms with van der Waals surface area (Å²) in [5.74, 6) is -1.78. The lowest BCUT2D eigenvalue weighted by atomic mass is 10.1. The molecule has 13 nitrogen and oxygen atoms in total. The average molecular weight is 529 g/mol. The molecule has 0 aliphatic rings. The van der Waals surface area contributed by atoms with E-state index in [4.69, 9.17) is 10.8 Å². The Balaban J connectivity index is 1.45. The number of carbonyl (C=O) groups excluding carboxylic acids is 2. The number of aromatic nitrogens is 4. The van der Waals surface area contributed by atoms with Gasteiger partial charge >= 0.3 is 5.97 Å². The second-order valence-electron chi connectivity index (χ2n) is 8.32. The molecule has 3 rings (SSSR count). The summed E-state index contributed by atoms with van der Waals surface area (Å²) in [6.45, 7) is 2.13. The van der Waals surface area contributed by atoms with Crippen LogP contribution in [0.2, 0.25) is 0 Å². The molecule has 2 aromatic heterocycles. The molecule has 0 radical (unpaired) electrons. The highest BCUT2D eigenvalue weighted by Crippen LogP contribution is 2.12. The summed E-state index contributed by atoms with van der Waals surface area (Å²) in [7, 11) is 0. The van der Waals surface area contributed by atoms with E-state index < -0.39 is 17.6 Å². The van der Waals surface area contributed by atoms with Crippen molar-refractivity contribution in [3.63, 3.8) is 0 Å². The molecule has 0 fully saturated rings. The fraction of sp³-hybridized carbons (Fsp3) is 0.348. The number of aliphatic carboxylic acids is 1. The highest BCUT2D eigenvalue weighted by molar-refractivity contribution is 7.80. The fourth-order valence-corrected chi connectivity index (χ4v) is 3.64. The molecule has 196 valence electrons. The molecule has 37 heavy (non-hydrogen) atoms. The largest absolute Gasteiger partial charge is 0.480 e. The number of nitrogens with zero attached hydrogens (tertiary/aromatic N) is 3. The number of aromatic amines is 1. The molecule has 0 saturated carbocycles. The normalized spacial score (nSPS) is 12.5. The predicted octanol–water partition coefficient (Wildman–Crippen LogP) is 0.695. The monoisotopic (exact) mass is 528 g/mol. The van der Waals surface area contributed by atoms with E-state index in [-0.39, 0.29) is 47.1 Å². The summed E-state index contributed by atoms with van der Waals surface area (Å²) in [5.41, 5.74) is 7.03. The summed E-state index contributed by atoms with van der Waals surface area (Å²) < 4.78 is 0. The minimum atomic E-state index is -1.13. The van der Waals surface area contributed by atoms with Crippen molar-refractivity contribution in [1.82, 2.24) is 30.6 Å². The number of carboxylic acid groups (broad SMARTS) is 1. The van der Waals surface area contributed by atoms with Crippen LogP contribution in [-0.4, -0.2) is 60.7 Å². The van der Waals surface area contributed by atoms with Gasteiger partial charge < -0.3 is 26.8 Å². The molecule has 0 aliphatic carbocycles.